The van der Waals surface area contributed by atoms with E-state index in [1.54, 1.807) is 23.5 Å². The minimum Gasteiger partial charge on any atom is -0.308 e. The molecular weight excluding hydrogens is 747 g/mol. The maximum Gasteiger partial charge on any atom is 0.416 e. The normalized spacial score (nSPS) is 13.5. The van der Waals surface area contributed by atoms with E-state index in [-0.39, 0.29) is 0 Å². The average Bonchev–Trinajstić information content (AvgIpc) is 3.18. The van der Waals surface area contributed by atoms with Crippen LogP contribution >= 0.6 is 23.5 Å². The van der Waals surface area contributed by atoms with Crippen molar-refractivity contribution in [1.29, 1.82) is 0 Å². The zero-order valence-electron chi connectivity index (χ0n) is 28.9. The molecule has 2 aliphatic rings. The van der Waals surface area contributed by atoms with Crippen LogP contribution in [-0.2, 0) is 12.4 Å². The molecule has 0 saturated heterocycles. The third-order valence-electron chi connectivity index (χ3n) is 9.88. The Morgan fingerprint density at radius 1 is 0.382 bits per heavy atom. The van der Waals surface area contributed by atoms with Gasteiger partial charge < -0.3 is 9.80 Å². The molecular formula is C45H28F6N2S2. The third-order valence-corrected chi connectivity index (χ3v) is 12.1. The number of nitrogens with zero attached hydrogens (tertiary/aromatic N) is 2. The summed E-state index contributed by atoms with van der Waals surface area (Å²) in [5.74, 6) is 0. The lowest BCUT2D eigenvalue weighted by Gasteiger charge is -2.38. The van der Waals surface area contributed by atoms with Gasteiger partial charge in [-0.15, -0.1) is 0 Å². The van der Waals surface area contributed by atoms with Gasteiger partial charge in [0, 0.05) is 30.7 Å². The number of rotatable bonds is 4. The molecule has 10 heteroatoms. The van der Waals surface area contributed by atoms with Gasteiger partial charge in [-0.2, -0.15) is 26.3 Å². The van der Waals surface area contributed by atoms with Gasteiger partial charge in [-0.1, -0.05) is 96.3 Å². The predicted molar refractivity (Wildman–Crippen MR) is 210 cm³/mol. The van der Waals surface area contributed by atoms with Gasteiger partial charge >= 0.3 is 12.4 Å². The summed E-state index contributed by atoms with van der Waals surface area (Å²) in [4.78, 5) is 8.28. The van der Waals surface area contributed by atoms with E-state index in [0.29, 0.717) is 39.2 Å². The van der Waals surface area contributed by atoms with Gasteiger partial charge in [-0.05, 0) is 102 Å². The third kappa shape index (κ3) is 6.13. The Labute approximate surface area is 322 Å². The molecule has 0 atom stereocenters. The van der Waals surface area contributed by atoms with Crippen LogP contribution in [0.3, 0.4) is 0 Å². The van der Waals surface area contributed by atoms with Crippen molar-refractivity contribution in [3.8, 4) is 22.3 Å². The van der Waals surface area contributed by atoms with Crippen molar-refractivity contribution >= 4 is 57.6 Å². The highest BCUT2D eigenvalue weighted by Crippen LogP contribution is 2.59. The van der Waals surface area contributed by atoms with E-state index in [9.17, 15) is 26.3 Å². The molecule has 0 unspecified atom stereocenters. The van der Waals surface area contributed by atoms with Crippen molar-refractivity contribution in [1.82, 2.24) is 0 Å². The highest BCUT2D eigenvalue weighted by atomic mass is 32.2. The van der Waals surface area contributed by atoms with Crippen molar-refractivity contribution in [2.45, 2.75) is 38.9 Å². The summed E-state index contributed by atoms with van der Waals surface area (Å²) < 4.78 is 83.4. The lowest BCUT2D eigenvalue weighted by Crippen LogP contribution is -2.20. The zero-order chi connectivity index (χ0) is 38.1. The zero-order valence-corrected chi connectivity index (χ0v) is 30.5. The summed E-state index contributed by atoms with van der Waals surface area (Å²) in [6.07, 6.45) is -9.08. The Kier molecular flexibility index (Phi) is 8.51. The number of fused-ring (bicyclic) bond motifs is 4. The predicted octanol–water partition coefficient (Wildman–Crippen LogP) is 15.2. The number of anilines is 6. The molecule has 0 radical (unpaired) electrons. The molecule has 2 aliphatic heterocycles. The van der Waals surface area contributed by atoms with Crippen molar-refractivity contribution in [2.75, 3.05) is 9.80 Å². The lowest BCUT2D eigenvalue weighted by molar-refractivity contribution is -0.138. The fourth-order valence-electron chi connectivity index (χ4n) is 7.44. The monoisotopic (exact) mass is 774 g/mol. The standard InChI is InChI=1S/C45H28F6N2S2/c1-27-42(28-18-22-30(23-19-28)44(46,47)48)36(52-32-10-2-6-14-38(32)54-39-15-7-3-11-33(39)52)26-37(43(27)29-20-24-31(25-21-29)45(49,50)51)53-34-12-4-8-16-40(34)55-41-17-9-5-13-35(41)53/h2-26H,1H3. The van der Waals surface area contributed by atoms with E-state index in [1.807, 2.05) is 110 Å². The summed E-state index contributed by atoms with van der Waals surface area (Å²) in [6.45, 7) is 1.90. The van der Waals surface area contributed by atoms with E-state index >= 15 is 0 Å². The summed E-state index contributed by atoms with van der Waals surface area (Å²) in [5, 5.41) is 0. The van der Waals surface area contributed by atoms with Crippen molar-refractivity contribution in [3.63, 3.8) is 0 Å². The molecule has 0 fully saturated rings. The van der Waals surface area contributed by atoms with Gasteiger partial charge in [0.05, 0.1) is 45.3 Å². The molecule has 2 nitrogen and oxygen atoms in total. The van der Waals surface area contributed by atoms with Gasteiger partial charge in [-0.25, -0.2) is 0 Å². The van der Waals surface area contributed by atoms with Crippen LogP contribution in [0.15, 0.2) is 171 Å². The van der Waals surface area contributed by atoms with Crippen LogP contribution in [0.5, 0.6) is 0 Å². The summed E-state index contributed by atoms with van der Waals surface area (Å²) in [5.41, 5.74) is 6.47. The van der Waals surface area contributed by atoms with Crippen molar-refractivity contribution in [3.05, 3.63) is 168 Å². The molecule has 0 bridgehead atoms. The van der Waals surface area contributed by atoms with Crippen molar-refractivity contribution in [2.24, 2.45) is 0 Å². The fourth-order valence-corrected chi connectivity index (χ4v) is 9.56. The van der Waals surface area contributed by atoms with Crippen LogP contribution in [0.1, 0.15) is 16.7 Å². The van der Waals surface area contributed by atoms with E-state index < -0.39 is 23.5 Å². The fraction of sp³-hybridized carbons (Fsp3) is 0.0667. The van der Waals surface area contributed by atoms with E-state index in [0.717, 1.165) is 66.6 Å². The molecule has 2 heterocycles. The van der Waals surface area contributed by atoms with Crippen LogP contribution in [0, 0.1) is 6.92 Å². The SMILES string of the molecule is Cc1c(-c2ccc(C(F)(F)F)cc2)c(N2c3ccccc3Sc3ccccc32)cc(N2c3ccccc3Sc3ccccc32)c1-c1ccc(C(F)(F)F)cc1. The minimum atomic E-state index is -4.54. The largest absolute Gasteiger partial charge is 0.416 e. The first kappa shape index (κ1) is 35.1. The summed E-state index contributed by atoms with van der Waals surface area (Å²) in [7, 11) is 0. The lowest BCUT2D eigenvalue weighted by atomic mass is 9.87. The van der Waals surface area contributed by atoms with Gasteiger partial charge in [0.15, 0.2) is 0 Å². The second-order valence-electron chi connectivity index (χ2n) is 13.2. The molecule has 7 aromatic rings. The Morgan fingerprint density at radius 3 is 0.964 bits per heavy atom. The van der Waals surface area contributed by atoms with E-state index in [4.69, 9.17) is 0 Å². The highest BCUT2D eigenvalue weighted by Gasteiger charge is 2.35. The van der Waals surface area contributed by atoms with Gasteiger partial charge in [0.1, 0.15) is 0 Å². The molecule has 0 N–H and O–H groups in total. The summed E-state index contributed by atoms with van der Waals surface area (Å²) >= 11 is 3.27. The van der Waals surface area contributed by atoms with Gasteiger partial charge in [-0.3, -0.25) is 0 Å². The number of halogens is 6. The minimum absolute atomic E-state index is 0.531. The Morgan fingerprint density at radius 2 is 0.673 bits per heavy atom. The average molecular weight is 775 g/mol. The van der Waals surface area contributed by atoms with Crippen LogP contribution in [-0.4, -0.2) is 0 Å². The maximum atomic E-state index is 13.9. The highest BCUT2D eigenvalue weighted by molar-refractivity contribution is 8.00. The van der Waals surface area contributed by atoms with Crippen LogP contribution < -0.4 is 9.80 Å². The van der Waals surface area contributed by atoms with E-state index in [1.165, 1.54) is 24.3 Å². The molecule has 0 spiro atoms. The number of hydrogen-bond donors (Lipinski definition) is 0. The molecule has 9 rings (SSSR count). The van der Waals surface area contributed by atoms with Crippen LogP contribution in [0.4, 0.5) is 60.5 Å². The molecule has 0 aliphatic carbocycles. The quantitative estimate of drug-likeness (QED) is 0.164. The van der Waals surface area contributed by atoms with E-state index in [2.05, 4.69) is 9.80 Å². The Balaban J connectivity index is 1.42. The van der Waals surface area contributed by atoms with Crippen LogP contribution in [0.2, 0.25) is 0 Å². The Bertz CT molecular complexity index is 2330. The molecule has 272 valence electrons. The smallest absolute Gasteiger partial charge is 0.308 e. The first-order valence-corrected chi connectivity index (χ1v) is 19.0. The summed E-state index contributed by atoms with van der Waals surface area (Å²) in [6, 6.07) is 44.2. The topological polar surface area (TPSA) is 6.48 Å². The molecule has 0 saturated carbocycles. The van der Waals surface area contributed by atoms with Gasteiger partial charge in [0.2, 0.25) is 0 Å². The number of alkyl halides is 6. The second kappa shape index (κ2) is 13.3. The number of benzene rings is 7. The molecule has 0 aromatic heterocycles. The number of para-hydroxylation sites is 4. The molecule has 7 aromatic carbocycles. The molecule has 0 amide bonds. The van der Waals surface area contributed by atoms with Crippen LogP contribution in [0.25, 0.3) is 22.3 Å². The Hall–Kier alpha value is -5.58. The maximum absolute atomic E-state index is 13.9. The first-order chi connectivity index (χ1) is 26.5. The molecule has 55 heavy (non-hydrogen) atoms. The first-order valence-electron chi connectivity index (χ1n) is 17.3. The second-order valence-corrected chi connectivity index (χ2v) is 15.4. The number of hydrogen-bond acceptors (Lipinski definition) is 4. The van der Waals surface area contributed by atoms with Gasteiger partial charge in [0.25, 0.3) is 0 Å². The van der Waals surface area contributed by atoms with Crippen molar-refractivity contribution < 1.29 is 26.3 Å².